The zero-order valence-electron chi connectivity index (χ0n) is 10.9. The van der Waals surface area contributed by atoms with Gasteiger partial charge in [0.15, 0.2) is 5.01 Å². The smallest absolute Gasteiger partial charge is 0.310 e. The van der Waals surface area contributed by atoms with Gasteiger partial charge in [-0.3, -0.25) is 0 Å². The molecule has 1 aliphatic rings. The number of hydrogen-bond acceptors (Lipinski definition) is 3. The van der Waals surface area contributed by atoms with Gasteiger partial charge in [-0.05, 0) is 36.1 Å². The normalized spacial score (nSPS) is 15.4. The van der Waals surface area contributed by atoms with Crippen LogP contribution in [0.4, 0.5) is 13.2 Å². The third-order valence-corrected chi connectivity index (χ3v) is 4.55. The van der Waals surface area contributed by atoms with Crippen LogP contribution in [-0.4, -0.2) is 11.0 Å². The van der Waals surface area contributed by atoms with Crippen LogP contribution < -0.4 is 5.32 Å². The largest absolute Gasteiger partial charge is 0.443 e. The predicted octanol–water partition coefficient (Wildman–Crippen LogP) is 4.73. The van der Waals surface area contributed by atoms with Gasteiger partial charge in [0.25, 0.3) is 0 Å². The summed E-state index contributed by atoms with van der Waals surface area (Å²) in [6, 6.07) is 5.82. The SMILES string of the molecule is FC(F)(F)c1ncc(-c2cc(Cl)ccc2CNC2CC2)s1. The Bertz CT molecular complexity index is 650. The Morgan fingerprint density at radius 3 is 2.71 bits per heavy atom. The molecule has 0 saturated heterocycles. The number of nitrogens with zero attached hydrogens (tertiary/aromatic N) is 1. The summed E-state index contributed by atoms with van der Waals surface area (Å²) in [5.74, 6) is 0. The number of alkyl halides is 3. The number of benzene rings is 1. The molecule has 1 saturated carbocycles. The van der Waals surface area contributed by atoms with Crippen LogP contribution in [0, 0.1) is 0 Å². The Balaban J connectivity index is 1.91. The summed E-state index contributed by atoms with van der Waals surface area (Å²) in [5.41, 5.74) is 1.65. The summed E-state index contributed by atoms with van der Waals surface area (Å²) in [6.45, 7) is 0.621. The van der Waals surface area contributed by atoms with Crippen molar-refractivity contribution in [3.63, 3.8) is 0 Å². The van der Waals surface area contributed by atoms with E-state index < -0.39 is 11.2 Å². The average molecular weight is 333 g/mol. The van der Waals surface area contributed by atoms with Crippen molar-refractivity contribution in [1.29, 1.82) is 0 Å². The highest BCUT2D eigenvalue weighted by molar-refractivity contribution is 7.15. The van der Waals surface area contributed by atoms with Gasteiger partial charge in [-0.2, -0.15) is 13.2 Å². The van der Waals surface area contributed by atoms with Crippen molar-refractivity contribution in [2.75, 3.05) is 0 Å². The van der Waals surface area contributed by atoms with Crippen molar-refractivity contribution >= 4 is 22.9 Å². The zero-order chi connectivity index (χ0) is 15.0. The summed E-state index contributed by atoms with van der Waals surface area (Å²) < 4.78 is 38.0. The van der Waals surface area contributed by atoms with E-state index in [2.05, 4.69) is 10.3 Å². The minimum absolute atomic E-state index is 0.484. The van der Waals surface area contributed by atoms with Crippen molar-refractivity contribution in [3.8, 4) is 10.4 Å². The van der Waals surface area contributed by atoms with Gasteiger partial charge in [0.1, 0.15) is 0 Å². The average Bonchev–Trinajstić information content (AvgIpc) is 3.10. The van der Waals surface area contributed by atoms with E-state index in [0.717, 1.165) is 18.4 Å². The topological polar surface area (TPSA) is 24.9 Å². The molecule has 0 bridgehead atoms. The number of halogens is 4. The van der Waals surface area contributed by atoms with E-state index in [4.69, 9.17) is 11.6 Å². The van der Waals surface area contributed by atoms with Crippen molar-refractivity contribution in [2.45, 2.75) is 31.6 Å². The summed E-state index contributed by atoms with van der Waals surface area (Å²) in [4.78, 5) is 3.96. The fourth-order valence-corrected chi connectivity index (χ4v) is 3.01. The van der Waals surface area contributed by atoms with Gasteiger partial charge in [0.2, 0.25) is 0 Å². The summed E-state index contributed by atoms with van der Waals surface area (Å²) >= 11 is 6.62. The standard InChI is InChI=1S/C14H12ClF3N2S/c15-9-2-1-8(6-19-10-3-4-10)11(5-9)12-7-20-13(21-12)14(16,17)18/h1-2,5,7,10,19H,3-4,6H2. The molecule has 1 aromatic carbocycles. The van der Waals surface area contributed by atoms with Gasteiger partial charge < -0.3 is 5.32 Å². The highest BCUT2D eigenvalue weighted by Crippen LogP contribution is 2.38. The lowest BCUT2D eigenvalue weighted by Crippen LogP contribution is -2.15. The lowest BCUT2D eigenvalue weighted by atomic mass is 10.1. The second kappa shape index (κ2) is 5.59. The van der Waals surface area contributed by atoms with Gasteiger partial charge in [-0.15, -0.1) is 11.3 Å². The third-order valence-electron chi connectivity index (χ3n) is 3.24. The molecule has 0 radical (unpaired) electrons. The van der Waals surface area contributed by atoms with E-state index in [1.807, 2.05) is 6.07 Å². The number of rotatable bonds is 4. The van der Waals surface area contributed by atoms with Crippen LogP contribution in [0.25, 0.3) is 10.4 Å². The van der Waals surface area contributed by atoms with Crippen LogP contribution in [0.1, 0.15) is 23.4 Å². The van der Waals surface area contributed by atoms with E-state index >= 15 is 0 Å². The van der Waals surface area contributed by atoms with Crippen molar-refractivity contribution < 1.29 is 13.2 Å². The molecule has 1 aromatic heterocycles. The second-order valence-electron chi connectivity index (χ2n) is 4.98. The third kappa shape index (κ3) is 3.56. The second-order valence-corrected chi connectivity index (χ2v) is 6.45. The Labute approximate surface area is 129 Å². The highest BCUT2D eigenvalue weighted by atomic mass is 35.5. The highest BCUT2D eigenvalue weighted by Gasteiger charge is 2.34. The first kappa shape index (κ1) is 14.8. The first-order chi connectivity index (χ1) is 9.93. The lowest BCUT2D eigenvalue weighted by molar-refractivity contribution is -0.137. The van der Waals surface area contributed by atoms with Crippen LogP contribution in [0.3, 0.4) is 0 Å². The van der Waals surface area contributed by atoms with Crippen LogP contribution in [0.15, 0.2) is 24.4 Å². The molecule has 1 fully saturated rings. The maximum atomic E-state index is 12.7. The van der Waals surface area contributed by atoms with Crippen LogP contribution in [-0.2, 0) is 12.7 Å². The van der Waals surface area contributed by atoms with Gasteiger partial charge in [-0.25, -0.2) is 4.98 Å². The molecular formula is C14H12ClF3N2S. The maximum absolute atomic E-state index is 12.7. The van der Waals surface area contributed by atoms with Crippen LogP contribution >= 0.6 is 22.9 Å². The van der Waals surface area contributed by atoms with Crippen LogP contribution in [0.2, 0.25) is 5.02 Å². The summed E-state index contributed by atoms with van der Waals surface area (Å²) in [7, 11) is 0. The molecule has 7 heteroatoms. The molecular weight excluding hydrogens is 321 g/mol. The molecule has 1 aliphatic carbocycles. The molecule has 2 aromatic rings. The Hall–Kier alpha value is -1.11. The monoisotopic (exact) mass is 332 g/mol. The fraction of sp³-hybridized carbons (Fsp3) is 0.357. The van der Waals surface area contributed by atoms with E-state index in [0.29, 0.717) is 39.4 Å². The quantitative estimate of drug-likeness (QED) is 0.875. The van der Waals surface area contributed by atoms with E-state index in [1.165, 1.54) is 6.20 Å². The maximum Gasteiger partial charge on any atom is 0.443 e. The lowest BCUT2D eigenvalue weighted by Gasteiger charge is -2.09. The first-order valence-corrected chi connectivity index (χ1v) is 7.68. The first-order valence-electron chi connectivity index (χ1n) is 6.48. The number of hydrogen-bond donors (Lipinski definition) is 1. The molecule has 0 unspecified atom stereocenters. The van der Waals surface area contributed by atoms with Crippen molar-refractivity contribution in [1.82, 2.24) is 10.3 Å². The van der Waals surface area contributed by atoms with E-state index in [9.17, 15) is 13.2 Å². The molecule has 2 nitrogen and oxygen atoms in total. The Morgan fingerprint density at radius 1 is 1.33 bits per heavy atom. The van der Waals surface area contributed by atoms with E-state index in [1.54, 1.807) is 12.1 Å². The molecule has 1 N–H and O–H groups in total. The van der Waals surface area contributed by atoms with Gasteiger partial charge in [0, 0.05) is 23.8 Å². The molecule has 112 valence electrons. The van der Waals surface area contributed by atoms with E-state index in [-0.39, 0.29) is 0 Å². The van der Waals surface area contributed by atoms with Crippen molar-refractivity contribution in [3.05, 3.63) is 40.0 Å². The molecule has 21 heavy (non-hydrogen) atoms. The molecule has 0 atom stereocenters. The molecule has 3 rings (SSSR count). The molecule has 0 amide bonds. The Kier molecular flexibility index (Phi) is 3.94. The molecule has 0 aliphatic heterocycles. The summed E-state index contributed by atoms with van der Waals surface area (Å²) in [5, 5.41) is 3.03. The van der Waals surface area contributed by atoms with Gasteiger partial charge in [-0.1, -0.05) is 17.7 Å². The molecule has 1 heterocycles. The van der Waals surface area contributed by atoms with Gasteiger partial charge >= 0.3 is 6.18 Å². The molecule has 0 spiro atoms. The minimum atomic E-state index is -4.41. The minimum Gasteiger partial charge on any atom is -0.310 e. The van der Waals surface area contributed by atoms with Crippen molar-refractivity contribution in [2.24, 2.45) is 0 Å². The number of nitrogens with one attached hydrogen (secondary N) is 1. The number of aromatic nitrogens is 1. The zero-order valence-corrected chi connectivity index (χ0v) is 12.4. The summed E-state index contributed by atoms with van der Waals surface area (Å²) in [6.07, 6.45) is -0.836. The number of thiazole rings is 1. The van der Waals surface area contributed by atoms with Crippen LogP contribution in [0.5, 0.6) is 0 Å². The van der Waals surface area contributed by atoms with Gasteiger partial charge in [0.05, 0.1) is 4.88 Å². The predicted molar refractivity (Wildman–Crippen MR) is 77.4 cm³/mol. The fourth-order valence-electron chi connectivity index (χ4n) is 2.00. The Morgan fingerprint density at radius 2 is 2.10 bits per heavy atom.